The fourth-order valence-electron chi connectivity index (χ4n) is 3.16. The zero-order valence-electron chi connectivity index (χ0n) is 17.9. The Balaban J connectivity index is 2.28. The average molecular weight is 446 g/mol. The minimum Gasteiger partial charge on any atom is -0.324 e. The van der Waals surface area contributed by atoms with Gasteiger partial charge in [-0.3, -0.25) is 24.6 Å². The van der Waals surface area contributed by atoms with Crippen LogP contribution in [0.15, 0.2) is 42.5 Å². The van der Waals surface area contributed by atoms with Crippen molar-refractivity contribution in [1.29, 1.82) is 0 Å². The van der Waals surface area contributed by atoms with Crippen molar-refractivity contribution in [2.45, 2.75) is 39.5 Å². The molecular formula is C23H28ClN3O4. The van der Waals surface area contributed by atoms with E-state index >= 15 is 0 Å². The lowest BCUT2D eigenvalue weighted by Gasteiger charge is -2.21. The average Bonchev–Trinajstić information content (AvgIpc) is 2.75. The first-order valence-electron chi connectivity index (χ1n) is 10.5. The predicted octanol–water partition coefficient (Wildman–Crippen LogP) is 5.32. The van der Waals surface area contributed by atoms with Crippen LogP contribution in [0.2, 0.25) is 5.02 Å². The first-order valence-corrected chi connectivity index (χ1v) is 10.8. The molecule has 0 fully saturated rings. The van der Waals surface area contributed by atoms with Crippen molar-refractivity contribution in [3.05, 3.63) is 68.7 Å². The third kappa shape index (κ3) is 7.15. The van der Waals surface area contributed by atoms with Gasteiger partial charge in [0, 0.05) is 17.7 Å². The Morgan fingerprint density at radius 3 is 2.26 bits per heavy atom. The van der Waals surface area contributed by atoms with Crippen molar-refractivity contribution >= 4 is 34.7 Å². The molecule has 2 rings (SSSR count). The topological polar surface area (TPSA) is 92.6 Å². The van der Waals surface area contributed by atoms with Gasteiger partial charge >= 0.3 is 0 Å². The van der Waals surface area contributed by atoms with E-state index in [-0.39, 0.29) is 40.0 Å². The van der Waals surface area contributed by atoms with Crippen LogP contribution in [0.1, 0.15) is 55.5 Å². The number of nitrogens with zero attached hydrogens (tertiary/aromatic N) is 2. The van der Waals surface area contributed by atoms with Gasteiger partial charge in [0.15, 0.2) is 5.78 Å². The molecule has 1 amide bonds. The number of carbonyl (C=O) groups is 2. The molecule has 0 atom stereocenters. The number of halogens is 1. The molecular weight excluding hydrogens is 418 g/mol. The Kier molecular flexibility index (Phi) is 9.62. The monoisotopic (exact) mass is 445 g/mol. The van der Waals surface area contributed by atoms with Crippen molar-refractivity contribution in [2.75, 3.05) is 25.0 Å². The summed E-state index contributed by atoms with van der Waals surface area (Å²) < 4.78 is 0. The Morgan fingerprint density at radius 2 is 1.68 bits per heavy atom. The van der Waals surface area contributed by atoms with E-state index < -0.39 is 10.7 Å². The maximum Gasteiger partial charge on any atom is 0.270 e. The van der Waals surface area contributed by atoms with Crippen LogP contribution in [0.3, 0.4) is 0 Å². The number of benzene rings is 2. The van der Waals surface area contributed by atoms with Gasteiger partial charge in [-0.1, -0.05) is 50.4 Å². The minimum absolute atomic E-state index is 0.0318. The minimum atomic E-state index is -0.577. The molecule has 0 heterocycles. The number of carbonyl (C=O) groups excluding carboxylic acids is 2. The highest BCUT2D eigenvalue weighted by molar-refractivity contribution is 6.35. The summed E-state index contributed by atoms with van der Waals surface area (Å²) >= 11 is 6.15. The van der Waals surface area contributed by atoms with Crippen LogP contribution >= 0.6 is 11.6 Å². The van der Waals surface area contributed by atoms with Gasteiger partial charge in [-0.15, -0.1) is 0 Å². The molecule has 166 valence electrons. The molecule has 7 nitrogen and oxygen atoms in total. The molecule has 2 aromatic carbocycles. The van der Waals surface area contributed by atoms with E-state index in [0.29, 0.717) is 0 Å². The lowest BCUT2D eigenvalue weighted by molar-refractivity contribution is -0.384. The molecule has 1 N–H and O–H groups in total. The van der Waals surface area contributed by atoms with Gasteiger partial charge in [-0.05, 0) is 44.1 Å². The number of nitro benzene ring substituents is 1. The maximum atomic E-state index is 13.1. The zero-order valence-corrected chi connectivity index (χ0v) is 18.7. The summed E-state index contributed by atoms with van der Waals surface area (Å²) in [6.45, 7) is 6.02. The van der Waals surface area contributed by atoms with Gasteiger partial charge < -0.3 is 5.32 Å². The van der Waals surface area contributed by atoms with E-state index in [4.69, 9.17) is 11.6 Å². The number of non-ortho nitro benzene ring substituents is 1. The molecule has 0 spiro atoms. The van der Waals surface area contributed by atoms with E-state index in [2.05, 4.69) is 24.1 Å². The molecule has 0 radical (unpaired) electrons. The van der Waals surface area contributed by atoms with E-state index in [1.54, 1.807) is 24.3 Å². The Hall–Kier alpha value is -2.77. The summed E-state index contributed by atoms with van der Waals surface area (Å²) in [6.07, 6.45) is 4.04. The molecule has 0 unspecified atom stereocenters. The maximum absolute atomic E-state index is 13.1. The molecule has 0 bridgehead atoms. The van der Waals surface area contributed by atoms with Gasteiger partial charge in [0.1, 0.15) is 0 Å². The lowest BCUT2D eigenvalue weighted by Crippen LogP contribution is -2.35. The number of hydrogen-bond acceptors (Lipinski definition) is 5. The predicted molar refractivity (Wildman–Crippen MR) is 123 cm³/mol. The highest BCUT2D eigenvalue weighted by Crippen LogP contribution is 2.27. The standard InChI is InChI=1S/C23H28ClN3O4/c1-3-5-13-26(14-6-4-2)16-22(28)25-21-12-11-17(27(30)31)15-19(21)23(29)18-9-7-8-10-20(18)24/h7-12,15H,3-6,13-14,16H2,1-2H3,(H,25,28). The van der Waals surface area contributed by atoms with Crippen molar-refractivity contribution in [1.82, 2.24) is 4.90 Å². The lowest BCUT2D eigenvalue weighted by atomic mass is 10.0. The van der Waals surface area contributed by atoms with E-state index in [9.17, 15) is 19.7 Å². The third-order valence-electron chi connectivity index (χ3n) is 4.87. The Morgan fingerprint density at radius 1 is 1.03 bits per heavy atom. The van der Waals surface area contributed by atoms with Gasteiger partial charge in [0.05, 0.1) is 27.7 Å². The number of rotatable bonds is 12. The highest BCUT2D eigenvalue weighted by atomic mass is 35.5. The van der Waals surface area contributed by atoms with E-state index in [1.807, 2.05) is 0 Å². The van der Waals surface area contributed by atoms with Crippen LogP contribution in [-0.2, 0) is 4.79 Å². The summed E-state index contributed by atoms with van der Waals surface area (Å²) in [5, 5.41) is 14.2. The quantitative estimate of drug-likeness (QED) is 0.271. The van der Waals surface area contributed by atoms with Crippen molar-refractivity contribution in [3.8, 4) is 0 Å². The van der Waals surface area contributed by atoms with E-state index in [1.165, 1.54) is 18.2 Å². The molecule has 0 aliphatic heterocycles. The molecule has 0 aliphatic carbocycles. The van der Waals surface area contributed by atoms with Gasteiger partial charge in [-0.25, -0.2) is 0 Å². The van der Waals surface area contributed by atoms with Gasteiger partial charge in [-0.2, -0.15) is 0 Å². The second kappa shape index (κ2) is 12.2. The number of nitrogens with one attached hydrogen (secondary N) is 1. The third-order valence-corrected chi connectivity index (χ3v) is 5.20. The SMILES string of the molecule is CCCCN(CCCC)CC(=O)Nc1ccc([N+](=O)[O-])cc1C(=O)c1ccccc1Cl. The molecule has 0 saturated heterocycles. The van der Waals surface area contributed by atoms with Crippen LogP contribution < -0.4 is 5.32 Å². The summed E-state index contributed by atoms with van der Waals surface area (Å²) in [4.78, 5) is 38.5. The molecule has 0 aliphatic rings. The molecule has 8 heteroatoms. The molecule has 31 heavy (non-hydrogen) atoms. The van der Waals surface area contributed by atoms with Crippen molar-refractivity contribution < 1.29 is 14.5 Å². The number of hydrogen-bond donors (Lipinski definition) is 1. The fourth-order valence-corrected chi connectivity index (χ4v) is 3.38. The number of nitro groups is 1. The van der Waals surface area contributed by atoms with Crippen LogP contribution in [0.5, 0.6) is 0 Å². The smallest absolute Gasteiger partial charge is 0.270 e. The molecule has 2 aromatic rings. The van der Waals surface area contributed by atoms with Crippen LogP contribution in [0, 0.1) is 10.1 Å². The first-order chi connectivity index (χ1) is 14.9. The van der Waals surface area contributed by atoms with E-state index in [0.717, 1.165) is 38.8 Å². The highest BCUT2D eigenvalue weighted by Gasteiger charge is 2.21. The summed E-state index contributed by atoms with van der Waals surface area (Å²) in [6, 6.07) is 10.3. The number of amides is 1. The van der Waals surface area contributed by atoms with Crippen LogP contribution in [0.25, 0.3) is 0 Å². The summed E-state index contributed by atoms with van der Waals surface area (Å²) in [5.41, 5.74) is 0.240. The van der Waals surface area contributed by atoms with Gasteiger partial charge in [0.25, 0.3) is 5.69 Å². The Labute approximate surface area is 187 Å². The normalized spacial score (nSPS) is 10.8. The van der Waals surface area contributed by atoms with Crippen molar-refractivity contribution in [3.63, 3.8) is 0 Å². The second-order valence-electron chi connectivity index (χ2n) is 7.33. The van der Waals surface area contributed by atoms with Gasteiger partial charge in [0.2, 0.25) is 5.91 Å². The number of anilines is 1. The second-order valence-corrected chi connectivity index (χ2v) is 7.73. The first kappa shape index (κ1) is 24.5. The van der Waals surface area contributed by atoms with Crippen molar-refractivity contribution in [2.24, 2.45) is 0 Å². The fraction of sp³-hybridized carbons (Fsp3) is 0.391. The van der Waals surface area contributed by atoms with Crippen LogP contribution in [-0.4, -0.2) is 41.1 Å². The zero-order chi connectivity index (χ0) is 22.8. The molecule has 0 aromatic heterocycles. The Bertz CT molecular complexity index is 925. The summed E-state index contributed by atoms with van der Waals surface area (Å²) in [7, 11) is 0. The van der Waals surface area contributed by atoms with Crippen LogP contribution in [0.4, 0.5) is 11.4 Å². The number of unbranched alkanes of at least 4 members (excludes halogenated alkanes) is 2. The largest absolute Gasteiger partial charge is 0.324 e. The number of ketones is 1. The summed E-state index contributed by atoms with van der Waals surface area (Å²) in [5.74, 6) is -0.757. The molecule has 0 saturated carbocycles.